The molecule has 0 aliphatic carbocycles. The number of nitrogens with zero attached hydrogens (tertiary/aromatic N) is 1. The Kier molecular flexibility index (Phi) is 5.55. The minimum atomic E-state index is -1.43. The maximum Gasteiger partial charge on any atom is 0.303 e. The fourth-order valence-electron chi connectivity index (χ4n) is 2.01. The van der Waals surface area contributed by atoms with Crippen LogP contribution in [0.3, 0.4) is 0 Å². The largest absolute Gasteiger partial charge is 0.481 e. The molecule has 1 rings (SSSR count). The minimum absolute atomic E-state index is 0.212. The molecule has 0 aliphatic rings. The zero-order valence-electron chi connectivity index (χ0n) is 10.8. The number of ketones is 1. The van der Waals surface area contributed by atoms with Crippen molar-refractivity contribution >= 4 is 35.0 Å². The molecule has 0 aromatic heterocycles. The standard InChI is InChI=1S/C14H13Cl2NO3/c1-2-14(8-17,12(18)5-6-13(19)20)10-4-3-9(15)7-11(10)16/h3-4,7H,2,5-6H2,1H3,(H,19,20). The predicted octanol–water partition coefficient (Wildman–Crippen LogP) is 3.60. The molecule has 1 aromatic rings. The Balaban J connectivity index is 3.24. The molecule has 1 aromatic carbocycles. The fraction of sp³-hybridized carbons (Fsp3) is 0.357. The van der Waals surface area contributed by atoms with Crippen LogP contribution in [0.1, 0.15) is 31.7 Å². The van der Waals surface area contributed by atoms with E-state index in [-0.39, 0.29) is 24.3 Å². The first kappa shape index (κ1) is 16.5. The van der Waals surface area contributed by atoms with Gasteiger partial charge in [-0.25, -0.2) is 0 Å². The van der Waals surface area contributed by atoms with Crippen LogP contribution in [-0.4, -0.2) is 16.9 Å². The van der Waals surface area contributed by atoms with Crippen LogP contribution in [0.5, 0.6) is 0 Å². The van der Waals surface area contributed by atoms with E-state index in [1.54, 1.807) is 13.0 Å². The average Bonchev–Trinajstić information content (AvgIpc) is 2.40. The van der Waals surface area contributed by atoms with E-state index < -0.39 is 17.2 Å². The van der Waals surface area contributed by atoms with Gasteiger partial charge in [0.15, 0.2) is 5.78 Å². The third kappa shape index (κ3) is 3.30. The monoisotopic (exact) mass is 313 g/mol. The lowest BCUT2D eigenvalue weighted by molar-refractivity contribution is -0.139. The summed E-state index contributed by atoms with van der Waals surface area (Å²) in [6, 6.07) is 6.55. The average molecular weight is 314 g/mol. The summed E-state index contributed by atoms with van der Waals surface area (Å²) in [5.74, 6) is -1.53. The molecule has 0 saturated heterocycles. The number of hydrogen-bond donors (Lipinski definition) is 1. The molecule has 0 fully saturated rings. The van der Waals surface area contributed by atoms with Gasteiger partial charge < -0.3 is 5.11 Å². The Bertz CT molecular complexity index is 580. The maximum atomic E-state index is 12.3. The molecule has 0 bridgehead atoms. The van der Waals surface area contributed by atoms with E-state index in [1.165, 1.54) is 12.1 Å². The third-order valence-electron chi connectivity index (χ3n) is 3.15. The van der Waals surface area contributed by atoms with Gasteiger partial charge in [0.1, 0.15) is 5.41 Å². The van der Waals surface area contributed by atoms with E-state index in [9.17, 15) is 14.9 Å². The minimum Gasteiger partial charge on any atom is -0.481 e. The molecular weight excluding hydrogens is 301 g/mol. The number of halogens is 2. The van der Waals surface area contributed by atoms with Crippen molar-refractivity contribution in [1.82, 2.24) is 0 Å². The van der Waals surface area contributed by atoms with Crippen molar-refractivity contribution in [1.29, 1.82) is 5.26 Å². The molecular formula is C14H13Cl2NO3. The van der Waals surface area contributed by atoms with E-state index >= 15 is 0 Å². The van der Waals surface area contributed by atoms with E-state index in [2.05, 4.69) is 0 Å². The number of benzene rings is 1. The van der Waals surface area contributed by atoms with E-state index in [0.717, 1.165) is 0 Å². The van der Waals surface area contributed by atoms with Crippen LogP contribution < -0.4 is 0 Å². The first-order chi connectivity index (χ1) is 9.37. The van der Waals surface area contributed by atoms with Crippen molar-refractivity contribution < 1.29 is 14.7 Å². The van der Waals surface area contributed by atoms with Gasteiger partial charge in [0, 0.05) is 16.5 Å². The van der Waals surface area contributed by atoms with Crippen molar-refractivity contribution in [3.8, 4) is 6.07 Å². The summed E-state index contributed by atoms with van der Waals surface area (Å²) in [6.45, 7) is 1.69. The lowest BCUT2D eigenvalue weighted by Crippen LogP contribution is -2.34. The third-order valence-corrected chi connectivity index (χ3v) is 3.70. The zero-order valence-corrected chi connectivity index (χ0v) is 12.3. The molecule has 0 saturated carbocycles. The van der Waals surface area contributed by atoms with Crippen LogP contribution in [0.4, 0.5) is 0 Å². The van der Waals surface area contributed by atoms with Gasteiger partial charge in [-0.15, -0.1) is 0 Å². The van der Waals surface area contributed by atoms with Gasteiger partial charge in [0.05, 0.1) is 12.5 Å². The Morgan fingerprint density at radius 2 is 2.00 bits per heavy atom. The lowest BCUT2D eigenvalue weighted by Gasteiger charge is -2.25. The number of rotatable bonds is 6. The van der Waals surface area contributed by atoms with E-state index in [4.69, 9.17) is 28.3 Å². The van der Waals surface area contributed by atoms with Crippen LogP contribution in [-0.2, 0) is 15.0 Å². The molecule has 0 spiro atoms. The van der Waals surface area contributed by atoms with Gasteiger partial charge in [0.2, 0.25) is 0 Å². The van der Waals surface area contributed by atoms with Gasteiger partial charge in [-0.05, 0) is 24.1 Å². The Morgan fingerprint density at radius 1 is 1.35 bits per heavy atom. The lowest BCUT2D eigenvalue weighted by atomic mass is 9.74. The van der Waals surface area contributed by atoms with E-state index in [1.807, 2.05) is 6.07 Å². The van der Waals surface area contributed by atoms with Crippen LogP contribution >= 0.6 is 23.2 Å². The number of carboxylic acid groups (broad SMARTS) is 1. The zero-order chi connectivity index (χ0) is 15.3. The summed E-state index contributed by atoms with van der Waals surface area (Å²) in [7, 11) is 0. The summed E-state index contributed by atoms with van der Waals surface area (Å²) in [6.07, 6.45) is -0.313. The summed E-state index contributed by atoms with van der Waals surface area (Å²) in [5.41, 5.74) is -1.07. The quantitative estimate of drug-likeness (QED) is 0.870. The molecule has 1 unspecified atom stereocenters. The second kappa shape index (κ2) is 6.74. The second-order valence-electron chi connectivity index (χ2n) is 4.31. The number of Topliss-reactive ketones (excluding diaryl/α,β-unsaturated/α-hetero) is 1. The van der Waals surface area contributed by atoms with Gasteiger partial charge in [-0.2, -0.15) is 5.26 Å². The summed E-state index contributed by atoms with van der Waals surface area (Å²) >= 11 is 11.9. The van der Waals surface area contributed by atoms with Crippen LogP contribution in [0.15, 0.2) is 18.2 Å². The molecule has 1 N–H and O–H groups in total. The molecule has 1 atom stereocenters. The number of nitriles is 1. The Morgan fingerprint density at radius 3 is 2.45 bits per heavy atom. The van der Waals surface area contributed by atoms with Crippen LogP contribution in [0.2, 0.25) is 10.0 Å². The van der Waals surface area contributed by atoms with Gasteiger partial charge >= 0.3 is 5.97 Å². The van der Waals surface area contributed by atoms with Crippen molar-refractivity contribution in [2.45, 2.75) is 31.6 Å². The molecule has 0 aliphatic heterocycles. The molecule has 0 amide bonds. The molecule has 4 nitrogen and oxygen atoms in total. The van der Waals surface area contributed by atoms with Crippen molar-refractivity contribution in [3.05, 3.63) is 33.8 Å². The highest BCUT2D eigenvalue weighted by molar-refractivity contribution is 6.35. The van der Waals surface area contributed by atoms with Gasteiger partial charge in [-0.1, -0.05) is 36.2 Å². The fourth-order valence-corrected chi connectivity index (χ4v) is 2.58. The van der Waals surface area contributed by atoms with Crippen LogP contribution in [0.25, 0.3) is 0 Å². The van der Waals surface area contributed by atoms with Crippen molar-refractivity contribution in [3.63, 3.8) is 0 Å². The number of carbonyl (C=O) groups is 2. The normalized spacial score (nSPS) is 13.3. The first-order valence-corrected chi connectivity index (χ1v) is 6.75. The maximum absolute atomic E-state index is 12.3. The molecule has 6 heteroatoms. The van der Waals surface area contributed by atoms with Gasteiger partial charge in [0.25, 0.3) is 0 Å². The smallest absolute Gasteiger partial charge is 0.303 e. The highest BCUT2D eigenvalue weighted by Crippen LogP contribution is 2.36. The second-order valence-corrected chi connectivity index (χ2v) is 5.16. The number of carbonyl (C=O) groups excluding carboxylic acids is 1. The van der Waals surface area contributed by atoms with Gasteiger partial charge in [-0.3, -0.25) is 9.59 Å². The molecule has 106 valence electrons. The van der Waals surface area contributed by atoms with Crippen molar-refractivity contribution in [2.24, 2.45) is 0 Å². The molecule has 0 radical (unpaired) electrons. The first-order valence-electron chi connectivity index (χ1n) is 5.99. The van der Waals surface area contributed by atoms with Crippen molar-refractivity contribution in [2.75, 3.05) is 0 Å². The Labute approximate surface area is 126 Å². The SMILES string of the molecule is CCC(C#N)(C(=O)CCC(=O)O)c1ccc(Cl)cc1Cl. The summed E-state index contributed by atoms with van der Waals surface area (Å²) < 4.78 is 0. The van der Waals surface area contributed by atoms with Crippen LogP contribution in [0, 0.1) is 11.3 Å². The molecule has 0 heterocycles. The predicted molar refractivity (Wildman–Crippen MR) is 75.9 cm³/mol. The number of carboxylic acids is 1. The Hall–Kier alpha value is -1.57. The highest BCUT2D eigenvalue weighted by Gasteiger charge is 2.40. The van der Waals surface area contributed by atoms with E-state index in [0.29, 0.717) is 10.6 Å². The molecule has 20 heavy (non-hydrogen) atoms. The highest BCUT2D eigenvalue weighted by atomic mass is 35.5. The number of hydrogen-bond acceptors (Lipinski definition) is 3. The summed E-state index contributed by atoms with van der Waals surface area (Å²) in [4.78, 5) is 22.9. The summed E-state index contributed by atoms with van der Waals surface area (Å²) in [5, 5.41) is 18.7. The number of aliphatic carboxylic acids is 1. The topological polar surface area (TPSA) is 78.2 Å².